The molecule has 8 nitrogen and oxygen atoms in total. The van der Waals surface area contributed by atoms with Crippen LogP contribution in [0.5, 0.6) is 5.75 Å². The van der Waals surface area contributed by atoms with Crippen molar-refractivity contribution < 1.29 is 18.4 Å². The number of piperidine rings is 1. The van der Waals surface area contributed by atoms with E-state index in [1.54, 1.807) is 13.0 Å². The smallest absolute Gasteiger partial charge is 0.339 e. The summed E-state index contributed by atoms with van der Waals surface area (Å²) in [7, 11) is 0. The number of carbonyl (C=O) groups excluding carboxylic acids is 1. The van der Waals surface area contributed by atoms with Crippen LogP contribution in [0, 0.1) is 6.92 Å². The summed E-state index contributed by atoms with van der Waals surface area (Å²) in [6.45, 7) is 3.74. The number of aryl methyl sites for hydroxylation is 1. The van der Waals surface area contributed by atoms with Crippen LogP contribution in [-0.4, -0.2) is 47.6 Å². The molecule has 2 fully saturated rings. The summed E-state index contributed by atoms with van der Waals surface area (Å²) in [5, 5.41) is 0. The maximum absolute atomic E-state index is 13.3. The fraction of sp³-hybridized carbons (Fsp3) is 0.435. The van der Waals surface area contributed by atoms with E-state index < -0.39 is 5.63 Å². The number of hydrogen-bond donors (Lipinski definition) is 0. The molecular formula is C23H25N3O5. The predicted octanol–water partition coefficient (Wildman–Crippen LogP) is 3.13. The van der Waals surface area contributed by atoms with Crippen molar-refractivity contribution in [2.75, 3.05) is 24.5 Å². The minimum atomic E-state index is -0.414. The molecule has 0 bridgehead atoms. The van der Waals surface area contributed by atoms with E-state index in [4.69, 9.17) is 13.6 Å². The Balaban J connectivity index is 1.23. The molecule has 0 saturated carbocycles. The molecule has 3 aromatic rings. The van der Waals surface area contributed by atoms with Gasteiger partial charge in [0.15, 0.2) is 5.58 Å². The summed E-state index contributed by atoms with van der Waals surface area (Å²) in [4.78, 5) is 33.3. The predicted molar refractivity (Wildman–Crippen MR) is 114 cm³/mol. The van der Waals surface area contributed by atoms with Crippen LogP contribution in [0.1, 0.15) is 31.4 Å². The first-order valence-corrected chi connectivity index (χ1v) is 10.8. The number of benzene rings is 1. The van der Waals surface area contributed by atoms with Crippen LogP contribution in [0.3, 0.4) is 0 Å². The molecule has 2 aliphatic rings. The van der Waals surface area contributed by atoms with E-state index in [1.165, 1.54) is 6.07 Å². The van der Waals surface area contributed by atoms with Gasteiger partial charge >= 0.3 is 5.63 Å². The molecule has 31 heavy (non-hydrogen) atoms. The highest BCUT2D eigenvalue weighted by Crippen LogP contribution is 2.30. The number of rotatable bonds is 4. The number of amides is 1. The average Bonchev–Trinajstić information content (AvgIpc) is 3.40. The zero-order valence-electron chi connectivity index (χ0n) is 17.5. The van der Waals surface area contributed by atoms with Crippen molar-refractivity contribution in [1.82, 2.24) is 9.88 Å². The Hall–Kier alpha value is -3.29. The van der Waals surface area contributed by atoms with Gasteiger partial charge in [0, 0.05) is 38.5 Å². The van der Waals surface area contributed by atoms with Crippen molar-refractivity contribution in [2.24, 2.45) is 0 Å². The van der Waals surface area contributed by atoms with Crippen LogP contribution in [0.15, 0.2) is 50.0 Å². The van der Waals surface area contributed by atoms with Gasteiger partial charge in [-0.25, -0.2) is 4.79 Å². The molecule has 2 aromatic heterocycles. The number of nitrogens with zero attached hydrogens (tertiary/aromatic N) is 3. The fourth-order valence-electron chi connectivity index (χ4n) is 4.48. The number of oxazole rings is 1. The van der Waals surface area contributed by atoms with Gasteiger partial charge in [-0.3, -0.25) is 4.79 Å². The fourth-order valence-corrected chi connectivity index (χ4v) is 4.48. The van der Waals surface area contributed by atoms with Crippen LogP contribution >= 0.6 is 0 Å². The van der Waals surface area contributed by atoms with Crippen molar-refractivity contribution in [2.45, 2.75) is 44.8 Å². The third-order valence-corrected chi connectivity index (χ3v) is 5.99. The van der Waals surface area contributed by atoms with Gasteiger partial charge in [-0.2, -0.15) is 4.98 Å². The molecule has 0 aliphatic carbocycles. The van der Waals surface area contributed by atoms with Gasteiger partial charge in [-0.1, -0.05) is 12.1 Å². The summed E-state index contributed by atoms with van der Waals surface area (Å²) in [5.74, 6) is 1.17. The number of hydrogen-bond acceptors (Lipinski definition) is 7. The lowest BCUT2D eigenvalue weighted by Gasteiger charge is -2.35. The first-order valence-electron chi connectivity index (χ1n) is 10.8. The normalized spacial score (nSPS) is 19.8. The van der Waals surface area contributed by atoms with Crippen LogP contribution in [-0.2, 0) is 4.79 Å². The minimum Gasteiger partial charge on any atom is -0.490 e. The van der Waals surface area contributed by atoms with Gasteiger partial charge in [0.1, 0.15) is 29.2 Å². The molecule has 5 rings (SSSR count). The highest BCUT2D eigenvalue weighted by molar-refractivity contribution is 5.86. The van der Waals surface area contributed by atoms with Crippen LogP contribution in [0.25, 0.3) is 11.1 Å². The maximum Gasteiger partial charge on any atom is 0.339 e. The number of para-hydroxylation sites is 2. The van der Waals surface area contributed by atoms with Crippen LogP contribution < -0.4 is 15.3 Å². The van der Waals surface area contributed by atoms with E-state index in [9.17, 15) is 9.59 Å². The molecule has 1 aromatic carbocycles. The second-order valence-electron chi connectivity index (χ2n) is 8.18. The molecule has 2 aliphatic heterocycles. The van der Waals surface area contributed by atoms with Gasteiger partial charge in [-0.05, 0) is 31.9 Å². The second kappa shape index (κ2) is 8.09. The number of anilines is 1. The molecular weight excluding hydrogens is 398 g/mol. The Morgan fingerprint density at radius 1 is 1.10 bits per heavy atom. The second-order valence-corrected chi connectivity index (χ2v) is 8.18. The van der Waals surface area contributed by atoms with Crippen LogP contribution in [0.2, 0.25) is 0 Å². The number of aromatic nitrogens is 1. The largest absolute Gasteiger partial charge is 0.490 e. The molecule has 2 saturated heterocycles. The van der Waals surface area contributed by atoms with Gasteiger partial charge in [-0.15, -0.1) is 0 Å². The van der Waals surface area contributed by atoms with E-state index in [2.05, 4.69) is 4.98 Å². The first-order chi connectivity index (χ1) is 15.1. The monoisotopic (exact) mass is 423 g/mol. The topological polar surface area (TPSA) is 89.0 Å². The highest BCUT2D eigenvalue weighted by Gasteiger charge is 2.37. The molecule has 0 radical (unpaired) electrons. The Labute approximate surface area is 179 Å². The molecule has 1 amide bonds. The zero-order valence-corrected chi connectivity index (χ0v) is 17.5. The van der Waals surface area contributed by atoms with Crippen molar-refractivity contribution in [1.29, 1.82) is 0 Å². The number of fused-ring (bicyclic) bond motifs is 1. The van der Waals surface area contributed by atoms with Crippen LogP contribution in [0.4, 0.5) is 6.01 Å². The lowest BCUT2D eigenvalue weighted by atomic mass is 10.1. The molecule has 4 heterocycles. The Morgan fingerprint density at radius 2 is 1.90 bits per heavy atom. The summed E-state index contributed by atoms with van der Waals surface area (Å²) < 4.78 is 16.8. The standard InChI is InChI=1S/C23H25N3O5/c1-15-13-17(14-21(27)29-15)30-16-8-11-25(12-9-16)22(28)19-6-4-10-26(19)23-24-18-5-2-3-7-20(18)31-23/h2-3,5,7,13-14,16,19H,4,6,8-12H2,1H3. The Bertz CT molecular complexity index is 1110. The van der Waals surface area contributed by atoms with E-state index in [0.717, 1.165) is 43.3 Å². The van der Waals surface area contributed by atoms with E-state index >= 15 is 0 Å². The average molecular weight is 423 g/mol. The molecule has 8 heteroatoms. The van der Waals surface area contributed by atoms with Gasteiger partial charge in [0.25, 0.3) is 6.01 Å². The summed E-state index contributed by atoms with van der Waals surface area (Å²) in [6.07, 6.45) is 3.15. The maximum atomic E-state index is 13.3. The molecule has 1 atom stereocenters. The first kappa shape index (κ1) is 19.7. The van der Waals surface area contributed by atoms with Crippen molar-refractivity contribution >= 4 is 23.0 Å². The van der Waals surface area contributed by atoms with Crippen molar-refractivity contribution in [3.8, 4) is 5.75 Å². The quantitative estimate of drug-likeness (QED) is 0.637. The highest BCUT2D eigenvalue weighted by atomic mass is 16.5. The summed E-state index contributed by atoms with van der Waals surface area (Å²) >= 11 is 0. The van der Waals surface area contributed by atoms with E-state index in [0.29, 0.717) is 30.6 Å². The van der Waals surface area contributed by atoms with Crippen molar-refractivity contribution in [3.05, 3.63) is 52.6 Å². The Kier molecular flexibility index (Phi) is 5.13. The van der Waals surface area contributed by atoms with Gasteiger partial charge in [0.05, 0.1) is 6.07 Å². The van der Waals surface area contributed by atoms with E-state index in [-0.39, 0.29) is 18.1 Å². The Morgan fingerprint density at radius 3 is 2.68 bits per heavy atom. The molecule has 0 N–H and O–H groups in total. The van der Waals surface area contributed by atoms with Gasteiger partial charge in [0.2, 0.25) is 5.91 Å². The molecule has 0 spiro atoms. The minimum absolute atomic E-state index is 0.0260. The summed E-state index contributed by atoms with van der Waals surface area (Å²) in [6, 6.07) is 11.0. The molecule has 162 valence electrons. The number of likely N-dealkylation sites (tertiary alicyclic amines) is 1. The summed E-state index contributed by atoms with van der Waals surface area (Å²) in [5.41, 5.74) is 1.13. The van der Waals surface area contributed by atoms with E-state index in [1.807, 2.05) is 34.1 Å². The molecule has 1 unspecified atom stereocenters. The lowest BCUT2D eigenvalue weighted by Crippen LogP contribution is -2.50. The van der Waals surface area contributed by atoms with Gasteiger partial charge < -0.3 is 23.4 Å². The SMILES string of the molecule is Cc1cc(OC2CCN(C(=O)C3CCCN3c3nc4ccccc4o3)CC2)cc(=O)o1. The zero-order chi connectivity index (χ0) is 21.4. The number of ether oxygens (including phenoxy) is 1. The lowest BCUT2D eigenvalue weighted by molar-refractivity contribution is -0.134. The third-order valence-electron chi connectivity index (χ3n) is 5.99. The van der Waals surface area contributed by atoms with Crippen molar-refractivity contribution in [3.63, 3.8) is 0 Å². The third kappa shape index (κ3) is 4.02. The number of carbonyl (C=O) groups is 1.